The third-order valence-corrected chi connectivity index (χ3v) is 8.58. The molecule has 7 nitrogen and oxygen atoms in total. The number of rotatable bonds is 11. The van der Waals surface area contributed by atoms with Crippen LogP contribution in [-0.2, 0) is 13.1 Å². The largest absolute Gasteiger partial charge is 0.497 e. The maximum Gasteiger partial charge on any atom is 0.128 e. The van der Waals surface area contributed by atoms with E-state index in [9.17, 15) is 0 Å². The van der Waals surface area contributed by atoms with Crippen molar-refractivity contribution >= 4 is 42.9 Å². The van der Waals surface area contributed by atoms with Crippen molar-refractivity contribution in [2.45, 2.75) is 32.0 Å². The summed E-state index contributed by atoms with van der Waals surface area (Å²) in [4.78, 5) is 14.4. The third-order valence-electron chi connectivity index (χ3n) is 8.58. The van der Waals surface area contributed by atoms with Crippen molar-refractivity contribution in [3.63, 3.8) is 0 Å². The molecule has 0 atom stereocenters. The topological polar surface area (TPSA) is 60.0 Å². The van der Waals surface area contributed by atoms with Gasteiger partial charge in [0.15, 0.2) is 0 Å². The fourth-order valence-corrected chi connectivity index (χ4v) is 6.20. The Hall–Kier alpha value is -4.01. The summed E-state index contributed by atoms with van der Waals surface area (Å²) in [6.07, 6.45) is 5.95. The zero-order chi connectivity index (χ0) is 31.0. The number of piperidine rings is 1. The number of ether oxygens (including phenoxy) is 3. The van der Waals surface area contributed by atoms with Gasteiger partial charge in [-0.05, 0) is 96.8 Å². The summed E-state index contributed by atoms with van der Waals surface area (Å²) in [6, 6.07) is 33.6. The minimum atomic E-state index is 0. The van der Waals surface area contributed by atoms with Gasteiger partial charge in [0.05, 0.1) is 32.7 Å². The van der Waals surface area contributed by atoms with Gasteiger partial charge in [0, 0.05) is 61.4 Å². The first-order valence-electron chi connectivity index (χ1n) is 15.4. The predicted octanol–water partition coefficient (Wildman–Crippen LogP) is 8.77. The molecular formula is C38H43Cl3N4O3. The lowest BCUT2D eigenvalue weighted by Crippen LogP contribution is -2.44. The van der Waals surface area contributed by atoms with Crippen molar-refractivity contribution in [1.29, 1.82) is 0 Å². The standard InChI is InChI=1S/C38H40N4O3.3ClH/c1-43-32-14-12-30(13-15-32)42(27-29-17-21-40-36(25-29)34-9-5-7-11-38(34)45-3)31-18-22-41(23-19-31)26-28-16-20-39-35(24-28)33-8-4-6-10-37(33)44-2;;;/h4-17,20-21,24-25,31H,18-19,22-23,26-27H2,1-3H3;3*1H. The lowest BCUT2D eigenvalue weighted by molar-refractivity contribution is 0.201. The first-order valence-corrected chi connectivity index (χ1v) is 15.4. The fourth-order valence-electron chi connectivity index (χ4n) is 6.20. The van der Waals surface area contributed by atoms with Crippen molar-refractivity contribution in [1.82, 2.24) is 14.9 Å². The van der Waals surface area contributed by atoms with Crippen molar-refractivity contribution < 1.29 is 14.2 Å². The molecule has 3 aromatic carbocycles. The van der Waals surface area contributed by atoms with Gasteiger partial charge in [0.25, 0.3) is 0 Å². The second kappa shape index (κ2) is 18.5. The highest BCUT2D eigenvalue weighted by molar-refractivity contribution is 5.86. The Morgan fingerprint density at radius 1 is 0.646 bits per heavy atom. The molecule has 3 heterocycles. The number of para-hydroxylation sites is 2. The van der Waals surface area contributed by atoms with Crippen molar-refractivity contribution in [2.75, 3.05) is 39.3 Å². The lowest BCUT2D eigenvalue weighted by Gasteiger charge is -2.40. The van der Waals surface area contributed by atoms with Crippen LogP contribution >= 0.6 is 37.2 Å². The smallest absolute Gasteiger partial charge is 0.128 e. The van der Waals surface area contributed by atoms with Gasteiger partial charge < -0.3 is 19.1 Å². The van der Waals surface area contributed by atoms with Crippen LogP contribution in [0.25, 0.3) is 22.5 Å². The summed E-state index contributed by atoms with van der Waals surface area (Å²) < 4.78 is 16.7. The number of halogens is 3. The number of likely N-dealkylation sites (tertiary alicyclic amines) is 1. The first kappa shape index (κ1) is 38.4. The molecule has 0 amide bonds. The Morgan fingerprint density at radius 2 is 1.17 bits per heavy atom. The molecule has 5 aromatic rings. The summed E-state index contributed by atoms with van der Waals surface area (Å²) in [5.74, 6) is 2.53. The van der Waals surface area contributed by atoms with Gasteiger partial charge in [0.1, 0.15) is 17.2 Å². The lowest BCUT2D eigenvalue weighted by atomic mass is 10.00. The highest BCUT2D eigenvalue weighted by atomic mass is 35.5. The molecule has 6 rings (SSSR count). The molecule has 254 valence electrons. The summed E-state index contributed by atoms with van der Waals surface area (Å²) in [7, 11) is 5.12. The van der Waals surface area contributed by atoms with E-state index in [1.54, 1.807) is 21.3 Å². The fraction of sp³-hybridized carbons (Fsp3) is 0.263. The summed E-state index contributed by atoms with van der Waals surface area (Å²) >= 11 is 0. The van der Waals surface area contributed by atoms with Crippen molar-refractivity contribution in [3.8, 4) is 39.8 Å². The molecule has 1 saturated heterocycles. The predicted molar refractivity (Wildman–Crippen MR) is 202 cm³/mol. The van der Waals surface area contributed by atoms with Gasteiger partial charge in [-0.1, -0.05) is 24.3 Å². The zero-order valence-corrected chi connectivity index (χ0v) is 29.9. The number of anilines is 1. The third kappa shape index (κ3) is 9.11. The van der Waals surface area contributed by atoms with Crippen molar-refractivity contribution in [3.05, 3.63) is 121 Å². The Labute approximate surface area is 302 Å². The molecule has 0 spiro atoms. The molecule has 0 bridgehead atoms. The highest BCUT2D eigenvalue weighted by Gasteiger charge is 2.26. The molecule has 0 aliphatic carbocycles. The number of aromatic nitrogens is 2. The Bertz CT molecular complexity index is 1720. The van der Waals surface area contributed by atoms with Crippen molar-refractivity contribution in [2.24, 2.45) is 0 Å². The van der Waals surface area contributed by atoms with Crippen LogP contribution in [0, 0.1) is 0 Å². The van der Waals surface area contributed by atoms with Crippen LogP contribution in [0.3, 0.4) is 0 Å². The van der Waals surface area contributed by atoms with Gasteiger partial charge in [-0.15, -0.1) is 37.2 Å². The van der Waals surface area contributed by atoms with Crippen LogP contribution < -0.4 is 19.1 Å². The molecule has 0 radical (unpaired) electrons. The second-order valence-electron chi connectivity index (χ2n) is 11.3. The second-order valence-corrected chi connectivity index (χ2v) is 11.3. The number of hydrogen-bond donors (Lipinski definition) is 0. The molecule has 48 heavy (non-hydrogen) atoms. The summed E-state index contributed by atoms with van der Waals surface area (Å²) in [5, 5.41) is 0. The van der Waals surface area contributed by atoms with Gasteiger partial charge in [0.2, 0.25) is 0 Å². The molecule has 2 aromatic heterocycles. The first-order chi connectivity index (χ1) is 22.1. The van der Waals surface area contributed by atoms with Crippen LogP contribution in [0.5, 0.6) is 17.2 Å². The maximum absolute atomic E-state index is 5.62. The molecule has 1 aliphatic heterocycles. The monoisotopic (exact) mass is 708 g/mol. The summed E-state index contributed by atoms with van der Waals surface area (Å²) in [5.41, 5.74) is 7.54. The van der Waals surface area contributed by atoms with Crippen LogP contribution in [0.15, 0.2) is 109 Å². The zero-order valence-electron chi connectivity index (χ0n) is 27.5. The van der Waals surface area contributed by atoms with E-state index in [1.807, 2.05) is 60.9 Å². The molecule has 10 heteroatoms. The van der Waals surface area contributed by atoms with E-state index in [0.29, 0.717) is 6.04 Å². The van der Waals surface area contributed by atoms with E-state index in [1.165, 1.54) is 16.8 Å². The highest BCUT2D eigenvalue weighted by Crippen LogP contribution is 2.32. The molecule has 1 aliphatic rings. The van der Waals surface area contributed by atoms with E-state index in [4.69, 9.17) is 14.2 Å². The normalized spacial score (nSPS) is 12.9. The van der Waals surface area contributed by atoms with Gasteiger partial charge in [-0.25, -0.2) is 0 Å². The minimum Gasteiger partial charge on any atom is -0.497 e. The summed E-state index contributed by atoms with van der Waals surface area (Å²) in [6.45, 7) is 3.72. The van der Waals surface area contributed by atoms with Crippen LogP contribution in [0.2, 0.25) is 0 Å². The molecule has 1 fully saturated rings. The number of methoxy groups -OCH3 is 3. The van der Waals surface area contributed by atoms with E-state index in [0.717, 1.165) is 78.8 Å². The Kier molecular flexibility index (Phi) is 14.8. The van der Waals surface area contributed by atoms with Crippen LogP contribution in [0.4, 0.5) is 5.69 Å². The van der Waals surface area contributed by atoms with E-state index >= 15 is 0 Å². The average molecular weight is 710 g/mol. The SMILES string of the molecule is COc1ccc(N(Cc2ccnc(-c3ccccc3OC)c2)C2CCN(Cc3ccnc(-c4ccccc4OC)c3)CC2)cc1.Cl.Cl.Cl. The van der Waals surface area contributed by atoms with E-state index in [-0.39, 0.29) is 37.2 Å². The van der Waals surface area contributed by atoms with Gasteiger partial charge >= 0.3 is 0 Å². The number of benzene rings is 3. The number of pyridine rings is 2. The maximum atomic E-state index is 5.62. The molecule has 0 unspecified atom stereocenters. The number of nitrogens with zero attached hydrogens (tertiary/aromatic N) is 4. The van der Waals surface area contributed by atoms with Gasteiger partial charge in [-0.2, -0.15) is 0 Å². The molecule has 0 N–H and O–H groups in total. The Balaban J connectivity index is 0.00000208. The van der Waals surface area contributed by atoms with Crippen LogP contribution in [-0.4, -0.2) is 55.3 Å². The molecule has 0 saturated carbocycles. The Morgan fingerprint density at radius 3 is 1.71 bits per heavy atom. The number of hydrogen-bond acceptors (Lipinski definition) is 7. The average Bonchev–Trinajstić information content (AvgIpc) is 3.11. The van der Waals surface area contributed by atoms with Crippen LogP contribution in [0.1, 0.15) is 24.0 Å². The molecular weight excluding hydrogens is 667 g/mol. The van der Waals surface area contributed by atoms with Gasteiger partial charge in [-0.3, -0.25) is 14.9 Å². The van der Waals surface area contributed by atoms with E-state index < -0.39 is 0 Å². The minimum absolute atomic E-state index is 0. The van der Waals surface area contributed by atoms with E-state index in [2.05, 4.69) is 68.3 Å². The quantitative estimate of drug-likeness (QED) is 0.136.